The average Bonchev–Trinajstić information content (AvgIpc) is 2.83. The van der Waals surface area contributed by atoms with Gasteiger partial charge in [0, 0.05) is 21.2 Å². The molecule has 1 amide bonds. The van der Waals surface area contributed by atoms with Crippen LogP contribution in [-0.2, 0) is 6.61 Å². The molecule has 0 aliphatic heterocycles. The standard InChI is InChI=1S/C24H21BrCl2N2O5/c1-31-20-7-5-15(10-21(20)32-2)24(30)29-28-12-14-8-18(25)23(22(9-14)33-3)34-13-16-4-6-17(26)11-19(16)27/h4-12H,13H2,1-3H3,(H,29,30)/b28-12-. The molecule has 0 unspecified atom stereocenters. The molecule has 0 bridgehead atoms. The maximum atomic E-state index is 12.4. The monoisotopic (exact) mass is 566 g/mol. The third-order valence-corrected chi connectivity index (χ3v) is 5.84. The highest BCUT2D eigenvalue weighted by Gasteiger charge is 2.13. The molecule has 0 aliphatic rings. The number of halogens is 3. The SMILES string of the molecule is COc1ccc(C(=O)N/N=C\c2cc(Br)c(OCc3ccc(Cl)cc3Cl)c(OC)c2)cc1OC. The number of hydrogen-bond acceptors (Lipinski definition) is 6. The second-order valence-corrected chi connectivity index (χ2v) is 8.53. The fourth-order valence-corrected chi connectivity index (χ4v) is 3.99. The molecule has 34 heavy (non-hydrogen) atoms. The van der Waals surface area contributed by atoms with Crippen molar-refractivity contribution in [3.8, 4) is 23.0 Å². The topological polar surface area (TPSA) is 78.4 Å². The number of nitrogens with one attached hydrogen (secondary N) is 1. The summed E-state index contributed by atoms with van der Waals surface area (Å²) in [7, 11) is 4.56. The van der Waals surface area contributed by atoms with Crippen molar-refractivity contribution >= 4 is 51.3 Å². The number of carbonyl (C=O) groups is 1. The van der Waals surface area contributed by atoms with E-state index in [1.807, 2.05) is 0 Å². The Balaban J connectivity index is 1.70. The van der Waals surface area contributed by atoms with E-state index in [-0.39, 0.29) is 6.61 Å². The maximum absolute atomic E-state index is 12.4. The van der Waals surface area contributed by atoms with Crippen LogP contribution in [0.15, 0.2) is 58.1 Å². The third-order valence-electron chi connectivity index (χ3n) is 4.66. The van der Waals surface area contributed by atoms with Crippen molar-refractivity contribution in [1.82, 2.24) is 5.43 Å². The molecule has 3 aromatic carbocycles. The van der Waals surface area contributed by atoms with Crippen molar-refractivity contribution in [3.63, 3.8) is 0 Å². The van der Waals surface area contributed by atoms with Crippen LogP contribution in [0.25, 0.3) is 0 Å². The van der Waals surface area contributed by atoms with E-state index in [1.165, 1.54) is 27.5 Å². The van der Waals surface area contributed by atoms with Gasteiger partial charge >= 0.3 is 0 Å². The lowest BCUT2D eigenvalue weighted by molar-refractivity contribution is 0.0954. The molecule has 3 rings (SSSR count). The Morgan fingerprint density at radius 1 is 0.971 bits per heavy atom. The smallest absolute Gasteiger partial charge is 0.271 e. The van der Waals surface area contributed by atoms with Gasteiger partial charge < -0.3 is 18.9 Å². The van der Waals surface area contributed by atoms with E-state index in [2.05, 4.69) is 26.5 Å². The zero-order valence-corrected chi connectivity index (χ0v) is 21.6. The summed E-state index contributed by atoms with van der Waals surface area (Å²) in [6, 6.07) is 13.6. The van der Waals surface area contributed by atoms with Gasteiger partial charge in [0.1, 0.15) is 6.61 Å². The van der Waals surface area contributed by atoms with E-state index >= 15 is 0 Å². The number of hydrazone groups is 1. The predicted octanol–water partition coefficient (Wildman–Crippen LogP) is 6.12. The van der Waals surface area contributed by atoms with Gasteiger partial charge in [-0.1, -0.05) is 29.3 Å². The van der Waals surface area contributed by atoms with E-state index in [4.69, 9.17) is 42.1 Å². The largest absolute Gasteiger partial charge is 0.493 e. The summed E-state index contributed by atoms with van der Waals surface area (Å²) in [6.07, 6.45) is 1.49. The predicted molar refractivity (Wildman–Crippen MR) is 136 cm³/mol. The Kier molecular flexibility index (Phi) is 9.04. The molecule has 0 spiro atoms. The lowest BCUT2D eigenvalue weighted by atomic mass is 10.2. The normalized spacial score (nSPS) is 10.8. The van der Waals surface area contributed by atoms with Crippen LogP contribution in [0, 0.1) is 0 Å². The summed E-state index contributed by atoms with van der Waals surface area (Å²) < 4.78 is 22.4. The van der Waals surface area contributed by atoms with E-state index < -0.39 is 5.91 Å². The lowest BCUT2D eigenvalue weighted by Gasteiger charge is -2.14. The van der Waals surface area contributed by atoms with Crippen molar-refractivity contribution in [2.75, 3.05) is 21.3 Å². The van der Waals surface area contributed by atoms with Gasteiger partial charge in [0.2, 0.25) is 0 Å². The van der Waals surface area contributed by atoms with Crippen LogP contribution < -0.4 is 24.4 Å². The van der Waals surface area contributed by atoms with Crippen molar-refractivity contribution in [2.45, 2.75) is 6.61 Å². The van der Waals surface area contributed by atoms with Crippen molar-refractivity contribution in [2.24, 2.45) is 5.10 Å². The number of carbonyl (C=O) groups excluding carboxylic acids is 1. The molecule has 0 atom stereocenters. The number of methoxy groups -OCH3 is 3. The summed E-state index contributed by atoms with van der Waals surface area (Å²) in [5, 5.41) is 5.09. The second kappa shape index (κ2) is 12.0. The average molecular weight is 568 g/mol. The Morgan fingerprint density at radius 3 is 2.38 bits per heavy atom. The summed E-state index contributed by atoms with van der Waals surface area (Å²) in [5.41, 5.74) is 4.32. The molecule has 3 aromatic rings. The van der Waals surface area contributed by atoms with Crippen LogP contribution >= 0.6 is 39.1 Å². The van der Waals surface area contributed by atoms with Gasteiger partial charge in [0.15, 0.2) is 23.0 Å². The summed E-state index contributed by atoms with van der Waals surface area (Å²) in [6.45, 7) is 0.222. The highest BCUT2D eigenvalue weighted by molar-refractivity contribution is 9.10. The van der Waals surface area contributed by atoms with Gasteiger partial charge in [-0.15, -0.1) is 0 Å². The number of amides is 1. The molecule has 0 saturated heterocycles. The van der Waals surface area contributed by atoms with Gasteiger partial charge in [-0.2, -0.15) is 5.10 Å². The number of hydrogen-bond donors (Lipinski definition) is 1. The molecule has 0 fully saturated rings. The molecule has 0 aliphatic carbocycles. The van der Waals surface area contributed by atoms with E-state index in [1.54, 1.807) is 48.5 Å². The lowest BCUT2D eigenvalue weighted by Crippen LogP contribution is -2.17. The number of ether oxygens (including phenoxy) is 4. The quantitative estimate of drug-likeness (QED) is 0.249. The zero-order valence-electron chi connectivity index (χ0n) is 18.5. The van der Waals surface area contributed by atoms with Crippen LogP contribution in [0.2, 0.25) is 10.0 Å². The summed E-state index contributed by atoms with van der Waals surface area (Å²) in [4.78, 5) is 12.4. The fraction of sp³-hybridized carbons (Fsp3) is 0.167. The first-order valence-corrected chi connectivity index (χ1v) is 11.4. The molecular formula is C24H21BrCl2N2O5. The molecule has 7 nitrogen and oxygen atoms in total. The molecular weight excluding hydrogens is 547 g/mol. The Hall–Kier alpha value is -2.94. The van der Waals surface area contributed by atoms with Crippen LogP contribution in [0.3, 0.4) is 0 Å². The van der Waals surface area contributed by atoms with E-state index in [9.17, 15) is 4.79 Å². The van der Waals surface area contributed by atoms with Gasteiger partial charge in [-0.05, 0) is 64.0 Å². The third kappa shape index (κ3) is 6.34. The van der Waals surface area contributed by atoms with Crippen molar-refractivity contribution in [1.29, 1.82) is 0 Å². The van der Waals surface area contributed by atoms with Gasteiger partial charge in [-0.3, -0.25) is 4.79 Å². The van der Waals surface area contributed by atoms with E-state index in [0.717, 1.165) is 5.56 Å². The first kappa shape index (κ1) is 25.7. The molecule has 178 valence electrons. The Labute approximate surface area is 215 Å². The first-order valence-electron chi connectivity index (χ1n) is 9.86. The Bertz CT molecular complexity index is 1220. The number of nitrogens with zero attached hydrogens (tertiary/aromatic N) is 1. The van der Waals surface area contributed by atoms with Crippen molar-refractivity contribution in [3.05, 3.63) is 79.7 Å². The molecule has 10 heteroatoms. The van der Waals surface area contributed by atoms with Crippen LogP contribution in [0.4, 0.5) is 0 Å². The molecule has 1 N–H and O–H groups in total. The first-order chi connectivity index (χ1) is 16.4. The van der Waals surface area contributed by atoms with Crippen LogP contribution in [0.5, 0.6) is 23.0 Å². The number of rotatable bonds is 9. The highest BCUT2D eigenvalue weighted by Crippen LogP contribution is 2.37. The molecule has 0 saturated carbocycles. The minimum Gasteiger partial charge on any atom is -0.493 e. The van der Waals surface area contributed by atoms with Gasteiger partial charge in [0.05, 0.1) is 32.0 Å². The highest BCUT2D eigenvalue weighted by atomic mass is 79.9. The fourth-order valence-electron chi connectivity index (χ4n) is 2.95. The van der Waals surface area contributed by atoms with Gasteiger partial charge in [-0.25, -0.2) is 5.43 Å². The summed E-state index contributed by atoms with van der Waals surface area (Å²) >= 11 is 15.7. The van der Waals surface area contributed by atoms with Gasteiger partial charge in [0.25, 0.3) is 5.91 Å². The minimum atomic E-state index is -0.400. The molecule has 0 aromatic heterocycles. The maximum Gasteiger partial charge on any atom is 0.271 e. The number of benzene rings is 3. The summed E-state index contributed by atoms with van der Waals surface area (Å²) in [5.74, 6) is 1.55. The van der Waals surface area contributed by atoms with Crippen LogP contribution in [0.1, 0.15) is 21.5 Å². The van der Waals surface area contributed by atoms with Crippen molar-refractivity contribution < 1.29 is 23.7 Å². The molecule has 0 radical (unpaired) electrons. The minimum absolute atomic E-state index is 0.222. The zero-order chi connectivity index (χ0) is 24.7. The van der Waals surface area contributed by atoms with Crippen LogP contribution in [-0.4, -0.2) is 33.5 Å². The second-order valence-electron chi connectivity index (χ2n) is 6.83. The molecule has 0 heterocycles. The Morgan fingerprint density at radius 2 is 1.71 bits per heavy atom. The van der Waals surface area contributed by atoms with E-state index in [0.29, 0.717) is 48.6 Å².